The van der Waals surface area contributed by atoms with Gasteiger partial charge in [-0.1, -0.05) is 18.2 Å². The molecule has 0 saturated heterocycles. The van der Waals surface area contributed by atoms with E-state index < -0.39 is 0 Å². The highest BCUT2D eigenvalue weighted by Crippen LogP contribution is 2.31. The van der Waals surface area contributed by atoms with Crippen molar-refractivity contribution < 1.29 is 4.79 Å². The van der Waals surface area contributed by atoms with Crippen molar-refractivity contribution in [2.45, 2.75) is 32.2 Å². The Morgan fingerprint density at radius 1 is 1.38 bits per heavy atom. The minimum atomic E-state index is 0.0713. The summed E-state index contributed by atoms with van der Waals surface area (Å²) in [7, 11) is 3.88. The Balaban J connectivity index is 1.86. The van der Waals surface area contributed by atoms with Crippen LogP contribution in [0, 0.1) is 0 Å². The second kappa shape index (κ2) is 8.68. The molecule has 24 heavy (non-hydrogen) atoms. The third kappa shape index (κ3) is 4.96. The number of carbonyl (C=O) groups is 1. The molecule has 1 aliphatic heterocycles. The van der Waals surface area contributed by atoms with Crippen LogP contribution in [-0.2, 0) is 4.79 Å². The quantitative estimate of drug-likeness (QED) is 0.547. The van der Waals surface area contributed by atoms with Crippen molar-refractivity contribution in [3.8, 4) is 0 Å². The second-order valence-electron chi connectivity index (χ2n) is 6.49. The molecular formula is C18H29N5O. The van der Waals surface area contributed by atoms with E-state index in [1.54, 1.807) is 7.05 Å². The van der Waals surface area contributed by atoms with Gasteiger partial charge in [-0.2, -0.15) is 0 Å². The molecule has 0 aliphatic carbocycles. The van der Waals surface area contributed by atoms with Crippen molar-refractivity contribution in [1.82, 2.24) is 15.5 Å². The summed E-state index contributed by atoms with van der Waals surface area (Å²) in [6.45, 7) is 6.82. The van der Waals surface area contributed by atoms with Crippen molar-refractivity contribution >= 4 is 17.6 Å². The number of benzene rings is 1. The van der Waals surface area contributed by atoms with Crippen LogP contribution in [0.2, 0.25) is 0 Å². The molecule has 1 amide bonds. The number of nitrogens with zero attached hydrogens (tertiary/aromatic N) is 2. The van der Waals surface area contributed by atoms with Crippen LogP contribution in [0.5, 0.6) is 0 Å². The van der Waals surface area contributed by atoms with Crippen LogP contribution in [0.1, 0.15) is 31.7 Å². The summed E-state index contributed by atoms with van der Waals surface area (Å²) in [5, 5.41) is 9.60. The lowest BCUT2D eigenvalue weighted by atomic mass is 9.90. The number of nitrogens with one attached hydrogen (secondary N) is 3. The molecule has 1 atom stereocenters. The maximum absolute atomic E-state index is 11.9. The number of aliphatic imine (C=N–C) groups is 1. The number of likely N-dealkylation sites (N-methyl/N-ethyl adjacent to an activating group) is 1. The SMILES string of the molecule is CN=C(NCCN(C)C(C)C)NCC1CC(=O)Nc2ccccc21. The van der Waals surface area contributed by atoms with Gasteiger partial charge in [0.25, 0.3) is 0 Å². The lowest BCUT2D eigenvalue weighted by Crippen LogP contribution is -2.43. The molecule has 0 fully saturated rings. The highest BCUT2D eigenvalue weighted by Gasteiger charge is 2.24. The van der Waals surface area contributed by atoms with Crippen molar-refractivity contribution in [2.75, 3.05) is 39.0 Å². The van der Waals surface area contributed by atoms with Gasteiger partial charge in [0, 0.05) is 50.7 Å². The number of rotatable bonds is 6. The molecule has 3 N–H and O–H groups in total. The number of carbonyl (C=O) groups excluding carboxylic acids is 1. The normalized spacial score (nSPS) is 17.7. The smallest absolute Gasteiger partial charge is 0.225 e. The summed E-state index contributed by atoms with van der Waals surface area (Å²) in [6, 6.07) is 8.51. The third-order valence-electron chi connectivity index (χ3n) is 4.48. The van der Waals surface area contributed by atoms with Crippen LogP contribution in [-0.4, -0.2) is 56.5 Å². The van der Waals surface area contributed by atoms with Crippen LogP contribution < -0.4 is 16.0 Å². The average molecular weight is 331 g/mol. The van der Waals surface area contributed by atoms with E-state index >= 15 is 0 Å². The zero-order chi connectivity index (χ0) is 17.5. The molecular weight excluding hydrogens is 302 g/mol. The van der Waals surface area contributed by atoms with E-state index in [1.165, 1.54) is 5.56 Å². The van der Waals surface area contributed by atoms with Gasteiger partial charge in [0.15, 0.2) is 5.96 Å². The lowest BCUT2D eigenvalue weighted by molar-refractivity contribution is -0.116. The molecule has 1 aromatic carbocycles. The number of guanidine groups is 1. The Hall–Kier alpha value is -2.08. The molecule has 1 unspecified atom stereocenters. The largest absolute Gasteiger partial charge is 0.356 e. The number of para-hydroxylation sites is 1. The fraction of sp³-hybridized carbons (Fsp3) is 0.556. The molecule has 132 valence electrons. The van der Waals surface area contributed by atoms with E-state index in [2.05, 4.69) is 52.8 Å². The molecule has 1 aliphatic rings. The van der Waals surface area contributed by atoms with E-state index in [9.17, 15) is 4.79 Å². The Kier molecular flexibility index (Phi) is 6.61. The van der Waals surface area contributed by atoms with Gasteiger partial charge in [0.2, 0.25) is 5.91 Å². The molecule has 1 aromatic rings. The second-order valence-corrected chi connectivity index (χ2v) is 6.49. The zero-order valence-electron chi connectivity index (χ0n) is 15.1. The number of amides is 1. The van der Waals surface area contributed by atoms with Gasteiger partial charge in [0.1, 0.15) is 0 Å². The van der Waals surface area contributed by atoms with E-state index in [4.69, 9.17) is 0 Å². The minimum Gasteiger partial charge on any atom is -0.356 e. The number of fused-ring (bicyclic) bond motifs is 1. The first-order valence-corrected chi connectivity index (χ1v) is 8.54. The predicted octanol–water partition coefficient (Wildman–Crippen LogP) is 1.62. The lowest BCUT2D eigenvalue weighted by Gasteiger charge is -2.26. The molecule has 0 spiro atoms. The van der Waals surface area contributed by atoms with Crippen molar-refractivity contribution in [3.63, 3.8) is 0 Å². The van der Waals surface area contributed by atoms with Crippen molar-refractivity contribution in [2.24, 2.45) is 4.99 Å². The van der Waals surface area contributed by atoms with E-state index in [0.717, 1.165) is 24.7 Å². The summed E-state index contributed by atoms with van der Waals surface area (Å²) >= 11 is 0. The molecule has 6 nitrogen and oxygen atoms in total. The first-order chi connectivity index (χ1) is 11.5. The summed E-state index contributed by atoms with van der Waals surface area (Å²) in [4.78, 5) is 18.4. The van der Waals surface area contributed by atoms with Gasteiger partial charge < -0.3 is 20.9 Å². The fourth-order valence-electron chi connectivity index (χ4n) is 2.73. The monoisotopic (exact) mass is 331 g/mol. The number of hydrogen-bond acceptors (Lipinski definition) is 3. The molecule has 0 aromatic heterocycles. The first-order valence-electron chi connectivity index (χ1n) is 8.54. The van der Waals surface area contributed by atoms with E-state index in [1.807, 2.05) is 18.2 Å². The number of hydrogen-bond donors (Lipinski definition) is 3. The Bertz CT molecular complexity index is 585. The van der Waals surface area contributed by atoms with Gasteiger partial charge in [-0.15, -0.1) is 0 Å². The summed E-state index contributed by atoms with van der Waals surface area (Å²) in [5.41, 5.74) is 2.10. The molecule has 2 rings (SSSR count). The summed E-state index contributed by atoms with van der Waals surface area (Å²) in [5.74, 6) is 1.00. The van der Waals surface area contributed by atoms with Crippen molar-refractivity contribution in [3.05, 3.63) is 29.8 Å². The highest BCUT2D eigenvalue weighted by atomic mass is 16.1. The molecule has 6 heteroatoms. The van der Waals surface area contributed by atoms with Crippen LogP contribution in [0.3, 0.4) is 0 Å². The van der Waals surface area contributed by atoms with Gasteiger partial charge in [-0.05, 0) is 32.5 Å². The standard InChI is InChI=1S/C18H29N5O/c1-13(2)23(4)10-9-20-18(19-3)21-12-14-11-17(24)22-16-8-6-5-7-15(14)16/h5-8,13-14H,9-12H2,1-4H3,(H,22,24)(H2,19,20,21). The van der Waals surface area contributed by atoms with E-state index in [0.29, 0.717) is 19.0 Å². The summed E-state index contributed by atoms with van der Waals surface area (Å²) < 4.78 is 0. The molecule has 0 bridgehead atoms. The zero-order valence-corrected chi connectivity index (χ0v) is 15.1. The van der Waals surface area contributed by atoms with Crippen LogP contribution in [0.4, 0.5) is 5.69 Å². The Morgan fingerprint density at radius 2 is 2.12 bits per heavy atom. The average Bonchev–Trinajstić information content (AvgIpc) is 2.57. The van der Waals surface area contributed by atoms with Gasteiger partial charge in [-0.25, -0.2) is 0 Å². The topological polar surface area (TPSA) is 68.8 Å². The van der Waals surface area contributed by atoms with Crippen LogP contribution in [0.15, 0.2) is 29.3 Å². The fourth-order valence-corrected chi connectivity index (χ4v) is 2.73. The van der Waals surface area contributed by atoms with Crippen LogP contribution in [0.25, 0.3) is 0 Å². The third-order valence-corrected chi connectivity index (χ3v) is 4.48. The summed E-state index contributed by atoms with van der Waals surface area (Å²) in [6.07, 6.45) is 0.497. The number of anilines is 1. The molecule has 0 saturated carbocycles. The first kappa shape index (κ1) is 18.3. The molecule has 1 heterocycles. The predicted molar refractivity (Wildman–Crippen MR) is 99.6 cm³/mol. The van der Waals surface area contributed by atoms with Gasteiger partial charge >= 0.3 is 0 Å². The van der Waals surface area contributed by atoms with Gasteiger partial charge in [0.05, 0.1) is 0 Å². The van der Waals surface area contributed by atoms with Crippen molar-refractivity contribution in [1.29, 1.82) is 0 Å². The maximum Gasteiger partial charge on any atom is 0.225 e. The Morgan fingerprint density at radius 3 is 2.83 bits per heavy atom. The van der Waals surface area contributed by atoms with E-state index in [-0.39, 0.29) is 11.8 Å². The minimum absolute atomic E-state index is 0.0713. The van der Waals surface area contributed by atoms with Gasteiger partial charge in [-0.3, -0.25) is 9.79 Å². The Labute approximate surface area is 144 Å². The maximum atomic E-state index is 11.9. The van der Waals surface area contributed by atoms with Crippen LogP contribution >= 0.6 is 0 Å². The molecule has 0 radical (unpaired) electrons. The highest BCUT2D eigenvalue weighted by molar-refractivity contribution is 5.94.